The number of ketones is 1. The molecule has 14 N–H and O–H groups in total. The van der Waals surface area contributed by atoms with Gasteiger partial charge in [0.1, 0.15) is 36.9 Å². The molecule has 0 radical (unpaired) electrons. The number of rotatable bonds is 41. The Morgan fingerprint density at radius 1 is 0.833 bits per heavy atom. The highest BCUT2D eigenvalue weighted by molar-refractivity contribution is 8.77. The minimum absolute atomic E-state index is 0.0123. The lowest BCUT2D eigenvalue weighted by molar-refractivity contribution is -0.321. The summed E-state index contributed by atoms with van der Waals surface area (Å²) in [5.74, 6) is 8.38. The van der Waals surface area contributed by atoms with E-state index in [-0.39, 0.29) is 126 Å². The number of likely N-dealkylation sites (N-methyl/N-ethyl adjacent to an activating group) is 1. The third kappa shape index (κ3) is 29.1. The molecule has 0 spiro atoms. The molecule has 9 amide bonds. The van der Waals surface area contributed by atoms with Gasteiger partial charge in [-0.05, 0) is 87.9 Å². The van der Waals surface area contributed by atoms with Crippen molar-refractivity contribution >= 4 is 80.8 Å². The number of anilines is 1. The lowest BCUT2D eigenvalue weighted by Gasteiger charge is -2.44. The Labute approximate surface area is 604 Å². The Morgan fingerprint density at radius 2 is 1.53 bits per heavy atom. The van der Waals surface area contributed by atoms with Crippen LogP contribution in [0.25, 0.3) is 0 Å². The number of primary amides is 1. The molecule has 4 aliphatic rings. The second-order valence-electron chi connectivity index (χ2n) is 25.0. The van der Waals surface area contributed by atoms with Crippen molar-refractivity contribution in [2.45, 2.75) is 185 Å². The molecule has 2 fully saturated rings. The number of fused-ring (bicyclic) bond motifs is 2. The van der Waals surface area contributed by atoms with Gasteiger partial charge in [-0.2, -0.15) is 0 Å². The Kier molecular flexibility index (Phi) is 37.6. The normalized spacial score (nSPS) is 23.2. The summed E-state index contributed by atoms with van der Waals surface area (Å²) in [6.07, 6.45) is -2.25. The van der Waals surface area contributed by atoms with Crippen molar-refractivity contribution in [1.82, 2.24) is 42.1 Å². The van der Waals surface area contributed by atoms with Gasteiger partial charge in [0.2, 0.25) is 29.5 Å². The van der Waals surface area contributed by atoms with Crippen molar-refractivity contribution in [3.05, 3.63) is 64.9 Å². The molecule has 2 aliphatic heterocycles. The summed E-state index contributed by atoms with van der Waals surface area (Å²) in [6.45, 7) is 14.6. The minimum atomic E-state index is -2.00. The van der Waals surface area contributed by atoms with Crippen LogP contribution in [0.4, 0.5) is 20.1 Å². The van der Waals surface area contributed by atoms with Crippen LogP contribution in [0.1, 0.15) is 105 Å². The first kappa shape index (κ1) is 85.3. The molecule has 0 aromatic heterocycles. The average Bonchev–Trinajstić information content (AvgIpc) is 0.751. The van der Waals surface area contributed by atoms with E-state index >= 15 is 0 Å². The number of hydrogen-bond donors (Lipinski definition) is 12. The van der Waals surface area contributed by atoms with E-state index < -0.39 is 127 Å². The number of carbonyl (C=O) groups is 9. The molecule has 566 valence electrons. The van der Waals surface area contributed by atoms with E-state index in [9.17, 15) is 53.4 Å². The van der Waals surface area contributed by atoms with Crippen LogP contribution < -0.4 is 54.0 Å². The van der Waals surface area contributed by atoms with Gasteiger partial charge in [0, 0.05) is 74.3 Å². The fourth-order valence-corrected chi connectivity index (χ4v) is 13.0. The second-order valence-corrected chi connectivity index (χ2v) is 28.0. The molecule has 5 rings (SSSR count). The molecular formula is C69H103N11O20S2. The van der Waals surface area contributed by atoms with Crippen LogP contribution in [0.5, 0.6) is 0 Å². The highest BCUT2D eigenvalue weighted by Gasteiger charge is 2.49. The number of alkyl carbamates (subject to hydrolysis) is 2. The standard InChI is InChI=1S/C69H103N11O20S2/c1-10-80(51-41-96-57(37-55(51)92-8)100-61-52(82)36-44(6)98-65(61)99-54-20-13-11-12-15-26-69(91)38-53(83)60(79-68(90)93-9)58(54)48(69)25-35-101-102-43(4)5)39-56(84)72-29-31-94-33-34-95-32-30-74-67(89)97-40-46-21-23-47(24-22-46)76-62(85)50(19-17-28-73-66(71)88)77-64(87)59(42(2)3)78-63(86)49(75-45(7)81)18-14-16-27-70/h11-12,21-25,42-44,49-52,54-55,57,59,61,65,82,91H,10,14,16-19,27-41,70H2,1-9H3,(H,72,84)(H,74,89)(H,75,81)(H,76,85)(H,77,87)(H,78,86)(H,79,90)(H3,71,73,88)/b12-11-,48-25+/t44-,49+,50+,51+,52+,54+,55+,57+,59+,61-,65+,69+/m1/s1. The van der Waals surface area contributed by atoms with Crippen molar-refractivity contribution < 1.29 is 96.0 Å². The van der Waals surface area contributed by atoms with Crippen molar-refractivity contribution in [2.75, 3.05) is 97.6 Å². The number of hydrogen-bond acceptors (Lipinski definition) is 24. The smallest absolute Gasteiger partial charge is 0.411 e. The van der Waals surface area contributed by atoms with Gasteiger partial charge in [0.05, 0.1) is 83.2 Å². The number of urea groups is 1. The Hall–Kier alpha value is -7.35. The predicted octanol–water partition coefficient (Wildman–Crippen LogP) is 2.03. The van der Waals surface area contributed by atoms with Crippen molar-refractivity contribution in [3.63, 3.8) is 0 Å². The fourth-order valence-electron chi connectivity index (χ4n) is 11.2. The van der Waals surface area contributed by atoms with Gasteiger partial charge >= 0.3 is 18.2 Å². The topological polar surface area (TPSA) is 429 Å². The van der Waals surface area contributed by atoms with Crippen LogP contribution in [0.2, 0.25) is 0 Å². The zero-order valence-electron chi connectivity index (χ0n) is 59.6. The summed E-state index contributed by atoms with van der Waals surface area (Å²) in [6, 6.07) is 2.27. The number of aliphatic hydroxyl groups excluding tert-OH is 1. The zero-order chi connectivity index (χ0) is 74.7. The minimum Gasteiger partial charge on any atom is -0.453 e. The summed E-state index contributed by atoms with van der Waals surface area (Å²) < 4.78 is 53.2. The van der Waals surface area contributed by atoms with E-state index in [0.717, 1.165) is 7.11 Å². The maximum atomic E-state index is 13.9. The summed E-state index contributed by atoms with van der Waals surface area (Å²) in [7, 11) is 5.83. The molecule has 31 nitrogen and oxygen atoms in total. The molecule has 2 bridgehead atoms. The van der Waals surface area contributed by atoms with Crippen LogP contribution in [-0.2, 0) is 78.0 Å². The van der Waals surface area contributed by atoms with E-state index in [4.69, 9.17) is 54.1 Å². The van der Waals surface area contributed by atoms with Crippen molar-refractivity contribution in [3.8, 4) is 23.7 Å². The molecule has 1 aromatic carbocycles. The Balaban J connectivity index is 1.03. The Morgan fingerprint density at radius 3 is 2.19 bits per heavy atom. The lowest BCUT2D eigenvalue weighted by atomic mass is 9.75. The first-order chi connectivity index (χ1) is 48.8. The number of methoxy groups -OCH3 is 2. The SMILES string of the molecule is CCN(CC(=O)NCCOCCOCCNC(=O)OCc1ccc(NC(=O)[C@H](CCCNC(N)=O)NC(=O)[C@@H](NC(=O)[C@H](CCCCN)NC(C)=O)C(C)C)cc1)[C@H]1CO[C@@H](O[C@H]2[C@H](O[C@H]3C#C/C=C\C#C[C@]4(O)CC(=O)C(NC(=O)OC)=C3/C4=C\CSSC(C)C)O[C@H](C)C[C@@H]2O)C[C@@H]1OC. The number of ether oxygens (including phenoxy) is 9. The second kappa shape index (κ2) is 45.0. The van der Waals surface area contributed by atoms with Crippen LogP contribution in [0.3, 0.4) is 0 Å². The molecule has 1 aromatic rings. The molecule has 0 unspecified atom stereocenters. The van der Waals surface area contributed by atoms with Gasteiger partial charge in [-0.1, -0.05) is 98.1 Å². The highest BCUT2D eigenvalue weighted by Crippen LogP contribution is 2.41. The van der Waals surface area contributed by atoms with E-state index in [2.05, 4.69) is 66.2 Å². The van der Waals surface area contributed by atoms with Gasteiger partial charge in [-0.3, -0.25) is 39.0 Å². The molecule has 102 heavy (non-hydrogen) atoms. The van der Waals surface area contributed by atoms with E-state index in [1.54, 1.807) is 69.0 Å². The number of amides is 9. The van der Waals surface area contributed by atoms with Crippen LogP contribution in [-0.4, -0.2) is 239 Å². The first-order valence-electron chi connectivity index (χ1n) is 34.2. The molecular weight excluding hydrogens is 1370 g/mol. The summed E-state index contributed by atoms with van der Waals surface area (Å²) in [5.41, 5.74) is 9.83. The number of allylic oxidation sites excluding steroid dienone is 3. The number of nitrogens with zero attached hydrogens (tertiary/aromatic N) is 1. The van der Waals surface area contributed by atoms with Gasteiger partial charge in [0.25, 0.3) is 0 Å². The zero-order valence-corrected chi connectivity index (χ0v) is 61.2. The molecule has 2 aliphatic carbocycles. The van der Waals surface area contributed by atoms with Crippen LogP contribution in [0, 0.1) is 29.6 Å². The Bertz CT molecular complexity index is 3170. The maximum Gasteiger partial charge on any atom is 0.411 e. The van der Waals surface area contributed by atoms with E-state index in [1.165, 1.54) is 29.9 Å². The van der Waals surface area contributed by atoms with Gasteiger partial charge in [-0.15, -0.1) is 0 Å². The van der Waals surface area contributed by atoms with E-state index in [0.29, 0.717) is 49.4 Å². The number of nitrogens with two attached hydrogens (primary N) is 2. The summed E-state index contributed by atoms with van der Waals surface area (Å²) in [5, 5.41) is 45.4. The third-order valence-electron chi connectivity index (χ3n) is 16.3. The van der Waals surface area contributed by atoms with Crippen LogP contribution >= 0.6 is 21.6 Å². The molecule has 2 heterocycles. The number of unbranched alkanes of at least 4 members (excludes halogenated alkanes) is 1. The van der Waals surface area contributed by atoms with Gasteiger partial charge in [0.15, 0.2) is 24.0 Å². The molecule has 0 saturated carbocycles. The molecule has 33 heteroatoms. The van der Waals surface area contributed by atoms with Gasteiger partial charge in [-0.25, -0.2) is 14.4 Å². The average molecular weight is 1470 g/mol. The monoisotopic (exact) mass is 1470 g/mol. The number of aliphatic hydroxyl groups is 2. The summed E-state index contributed by atoms with van der Waals surface area (Å²) >= 11 is 0. The van der Waals surface area contributed by atoms with Crippen molar-refractivity contribution in [2.24, 2.45) is 17.4 Å². The first-order valence-corrected chi connectivity index (χ1v) is 36.6. The summed E-state index contributed by atoms with van der Waals surface area (Å²) in [4.78, 5) is 118. The number of benzene rings is 1. The number of nitrogens with one attached hydrogen (secondary N) is 8. The van der Waals surface area contributed by atoms with E-state index in [1.807, 2.05) is 25.7 Å². The quantitative estimate of drug-likeness (QED) is 0.0253. The molecule has 2 saturated heterocycles. The third-order valence-corrected chi connectivity index (χ3v) is 19.1. The number of carbonyl (C=O) groups excluding carboxylic acids is 9. The maximum absolute atomic E-state index is 13.9. The largest absolute Gasteiger partial charge is 0.453 e. The number of Topliss-reactive ketones (excluding diaryl/α,β-unsaturated/α-hetero) is 1. The highest BCUT2D eigenvalue weighted by atomic mass is 33.1. The molecule has 12 atom stereocenters. The van der Waals surface area contributed by atoms with Gasteiger partial charge < -0.3 is 102 Å². The fraction of sp³-hybridized carbons (Fsp3) is 0.638. The lowest BCUT2D eigenvalue weighted by Crippen LogP contribution is -2.57. The predicted molar refractivity (Wildman–Crippen MR) is 380 cm³/mol. The van der Waals surface area contributed by atoms with Crippen LogP contribution in [0.15, 0.2) is 59.3 Å². The van der Waals surface area contributed by atoms with Crippen molar-refractivity contribution in [1.29, 1.82) is 0 Å².